The molecule has 2 aromatic rings. The minimum Gasteiger partial charge on any atom is -0.493 e. The van der Waals surface area contributed by atoms with Gasteiger partial charge < -0.3 is 14.8 Å². The van der Waals surface area contributed by atoms with Crippen molar-refractivity contribution in [2.45, 2.75) is 30.7 Å². The smallest absolute Gasteiger partial charge is 0.241 e. The zero-order valence-corrected chi connectivity index (χ0v) is 16.9. The van der Waals surface area contributed by atoms with Gasteiger partial charge in [0.1, 0.15) is 0 Å². The number of ether oxygens (including phenoxy) is 2. The van der Waals surface area contributed by atoms with Crippen LogP contribution in [-0.4, -0.2) is 28.5 Å². The topological polar surface area (TPSA) is 93.7 Å². The predicted molar refractivity (Wildman–Crippen MR) is 106 cm³/mol. The van der Waals surface area contributed by atoms with Crippen LogP contribution >= 0.6 is 0 Å². The van der Waals surface area contributed by atoms with Crippen molar-refractivity contribution >= 4 is 21.6 Å². The first kappa shape index (κ1) is 20.2. The number of hydrogen-bond acceptors (Lipinski definition) is 5. The molecule has 0 radical (unpaired) electrons. The Kier molecular flexibility index (Phi) is 5.90. The summed E-state index contributed by atoms with van der Waals surface area (Å²) < 4.78 is 38.4. The van der Waals surface area contributed by atoms with Gasteiger partial charge in [0.2, 0.25) is 15.9 Å². The molecular formula is C20H24N2O5S. The molecule has 0 heterocycles. The van der Waals surface area contributed by atoms with Crippen LogP contribution in [0, 0.1) is 5.92 Å². The lowest BCUT2D eigenvalue weighted by atomic mass is 10.1. The number of carbonyl (C=O) groups is 1. The highest BCUT2D eigenvalue weighted by Gasteiger charge is 2.29. The van der Waals surface area contributed by atoms with E-state index >= 15 is 0 Å². The lowest BCUT2D eigenvalue weighted by Gasteiger charge is -2.16. The van der Waals surface area contributed by atoms with E-state index in [0.29, 0.717) is 17.2 Å². The molecule has 1 aliphatic carbocycles. The second kappa shape index (κ2) is 8.20. The molecule has 0 saturated heterocycles. The second-order valence-electron chi connectivity index (χ2n) is 6.75. The highest BCUT2D eigenvalue weighted by Crippen LogP contribution is 2.31. The van der Waals surface area contributed by atoms with Gasteiger partial charge in [-0.25, -0.2) is 13.1 Å². The molecule has 3 rings (SSSR count). The summed E-state index contributed by atoms with van der Waals surface area (Å²) in [7, 11) is -0.811. The molecule has 1 saturated carbocycles. The number of amides is 1. The Bertz CT molecular complexity index is 953. The van der Waals surface area contributed by atoms with Crippen LogP contribution in [0.25, 0.3) is 0 Å². The Morgan fingerprint density at radius 3 is 2.25 bits per heavy atom. The molecule has 8 heteroatoms. The van der Waals surface area contributed by atoms with Crippen LogP contribution in [0.2, 0.25) is 0 Å². The minimum absolute atomic E-state index is 0.0370. The zero-order chi connectivity index (χ0) is 20.3. The van der Waals surface area contributed by atoms with Gasteiger partial charge in [0.05, 0.1) is 19.1 Å². The normalized spacial score (nSPS) is 15.0. The number of carbonyl (C=O) groups excluding carboxylic acids is 1. The van der Waals surface area contributed by atoms with Gasteiger partial charge in [-0.2, -0.15) is 0 Å². The van der Waals surface area contributed by atoms with E-state index in [1.807, 2.05) is 0 Å². The maximum absolute atomic E-state index is 12.7. The van der Waals surface area contributed by atoms with Gasteiger partial charge in [-0.15, -0.1) is 0 Å². The molecule has 1 amide bonds. The Hall–Kier alpha value is -2.58. The van der Waals surface area contributed by atoms with E-state index in [1.54, 1.807) is 37.3 Å². The Balaban J connectivity index is 1.70. The molecule has 2 N–H and O–H groups in total. The molecule has 1 aliphatic rings. The van der Waals surface area contributed by atoms with E-state index in [9.17, 15) is 13.2 Å². The number of nitrogens with one attached hydrogen (secondary N) is 2. The van der Waals surface area contributed by atoms with E-state index in [4.69, 9.17) is 9.47 Å². The minimum atomic E-state index is -3.75. The number of rotatable bonds is 8. The van der Waals surface area contributed by atoms with E-state index in [2.05, 4.69) is 10.0 Å². The Morgan fingerprint density at radius 2 is 1.68 bits per heavy atom. The Morgan fingerprint density at radius 1 is 1.04 bits per heavy atom. The molecule has 1 unspecified atom stereocenters. The fraction of sp³-hybridized carbons (Fsp3) is 0.350. The average Bonchev–Trinajstić information content (AvgIpc) is 3.53. The summed E-state index contributed by atoms with van der Waals surface area (Å²) >= 11 is 0. The first-order valence-corrected chi connectivity index (χ1v) is 10.5. The summed E-state index contributed by atoms with van der Waals surface area (Å²) in [6.07, 6.45) is 1.89. The van der Waals surface area contributed by atoms with Crippen LogP contribution in [0.4, 0.5) is 5.69 Å². The van der Waals surface area contributed by atoms with Gasteiger partial charge in [0.15, 0.2) is 11.5 Å². The molecule has 150 valence electrons. The van der Waals surface area contributed by atoms with Crippen molar-refractivity contribution in [2.24, 2.45) is 5.92 Å². The number of sulfonamides is 1. The number of benzene rings is 2. The van der Waals surface area contributed by atoms with Gasteiger partial charge in [-0.1, -0.05) is 12.1 Å². The molecule has 0 spiro atoms. The third kappa shape index (κ3) is 4.63. The molecular weight excluding hydrogens is 380 g/mol. The van der Waals surface area contributed by atoms with Crippen LogP contribution < -0.4 is 19.5 Å². The molecule has 0 aromatic heterocycles. The summed E-state index contributed by atoms with van der Waals surface area (Å²) in [6, 6.07) is 11.1. The standard InChI is InChI=1S/C20H24N2O5S/c1-13(14-6-8-16(9-7-14)21-20(23)15-4-5-15)22-28(24,25)17-10-11-18(26-2)19(12-17)27-3/h6-13,15,22H,4-5H2,1-3H3,(H,21,23). The van der Waals surface area contributed by atoms with Crippen LogP contribution in [0.1, 0.15) is 31.4 Å². The van der Waals surface area contributed by atoms with E-state index in [0.717, 1.165) is 18.4 Å². The van der Waals surface area contributed by atoms with Gasteiger partial charge in [0, 0.05) is 23.7 Å². The molecule has 7 nitrogen and oxygen atoms in total. The molecule has 1 atom stereocenters. The number of hydrogen-bond donors (Lipinski definition) is 2. The van der Waals surface area contributed by atoms with Crippen molar-refractivity contribution in [3.8, 4) is 11.5 Å². The van der Waals surface area contributed by atoms with Gasteiger partial charge >= 0.3 is 0 Å². The van der Waals surface area contributed by atoms with Crippen LogP contribution in [0.3, 0.4) is 0 Å². The second-order valence-corrected chi connectivity index (χ2v) is 8.46. The number of anilines is 1. The van der Waals surface area contributed by atoms with Gasteiger partial charge in [-0.3, -0.25) is 4.79 Å². The van der Waals surface area contributed by atoms with Gasteiger partial charge in [-0.05, 0) is 49.6 Å². The molecule has 2 aromatic carbocycles. The summed E-state index contributed by atoms with van der Waals surface area (Å²) in [6.45, 7) is 1.76. The summed E-state index contributed by atoms with van der Waals surface area (Å²) in [4.78, 5) is 11.9. The third-order valence-corrected chi connectivity index (χ3v) is 6.16. The van der Waals surface area contributed by atoms with Crippen molar-refractivity contribution in [1.82, 2.24) is 4.72 Å². The summed E-state index contributed by atoms with van der Waals surface area (Å²) in [5.74, 6) is 0.967. The van der Waals surface area contributed by atoms with Crippen molar-refractivity contribution in [2.75, 3.05) is 19.5 Å². The van der Waals surface area contributed by atoms with E-state index in [-0.39, 0.29) is 16.7 Å². The largest absolute Gasteiger partial charge is 0.493 e. The maximum atomic E-state index is 12.7. The Labute approximate surface area is 165 Å². The van der Waals surface area contributed by atoms with Crippen LogP contribution in [-0.2, 0) is 14.8 Å². The van der Waals surface area contributed by atoms with Gasteiger partial charge in [0.25, 0.3) is 0 Å². The lowest BCUT2D eigenvalue weighted by Crippen LogP contribution is -2.27. The molecule has 28 heavy (non-hydrogen) atoms. The molecule has 1 fully saturated rings. The van der Waals surface area contributed by atoms with Crippen molar-refractivity contribution in [3.63, 3.8) is 0 Å². The predicted octanol–water partition coefficient (Wildman–Crippen LogP) is 3.09. The van der Waals surface area contributed by atoms with Crippen molar-refractivity contribution in [3.05, 3.63) is 48.0 Å². The van der Waals surface area contributed by atoms with Crippen molar-refractivity contribution in [1.29, 1.82) is 0 Å². The monoisotopic (exact) mass is 404 g/mol. The fourth-order valence-electron chi connectivity index (χ4n) is 2.80. The molecule has 0 bridgehead atoms. The maximum Gasteiger partial charge on any atom is 0.241 e. The van der Waals surface area contributed by atoms with Crippen molar-refractivity contribution < 1.29 is 22.7 Å². The third-order valence-electron chi connectivity index (χ3n) is 4.62. The van der Waals surface area contributed by atoms with E-state index < -0.39 is 16.1 Å². The fourth-order valence-corrected chi connectivity index (χ4v) is 4.04. The molecule has 0 aliphatic heterocycles. The number of methoxy groups -OCH3 is 2. The lowest BCUT2D eigenvalue weighted by molar-refractivity contribution is -0.117. The van der Waals surface area contributed by atoms with Crippen LogP contribution in [0.15, 0.2) is 47.4 Å². The first-order valence-electron chi connectivity index (χ1n) is 8.99. The van der Waals surface area contributed by atoms with E-state index in [1.165, 1.54) is 26.4 Å². The SMILES string of the molecule is COc1ccc(S(=O)(=O)NC(C)c2ccc(NC(=O)C3CC3)cc2)cc1OC. The average molecular weight is 404 g/mol. The highest BCUT2D eigenvalue weighted by molar-refractivity contribution is 7.89. The summed E-state index contributed by atoms with van der Waals surface area (Å²) in [5, 5.41) is 2.86. The highest BCUT2D eigenvalue weighted by atomic mass is 32.2. The first-order chi connectivity index (χ1) is 13.3. The quantitative estimate of drug-likeness (QED) is 0.705. The summed E-state index contributed by atoms with van der Waals surface area (Å²) in [5.41, 5.74) is 1.49. The van der Waals surface area contributed by atoms with Crippen LogP contribution in [0.5, 0.6) is 11.5 Å². The zero-order valence-electron chi connectivity index (χ0n) is 16.1.